The van der Waals surface area contributed by atoms with Crippen molar-refractivity contribution in [1.29, 1.82) is 0 Å². The van der Waals surface area contributed by atoms with Gasteiger partial charge in [0.1, 0.15) is 5.75 Å². The van der Waals surface area contributed by atoms with Gasteiger partial charge in [0.25, 0.3) is 0 Å². The Hall–Kier alpha value is -2.41. The fourth-order valence-electron chi connectivity index (χ4n) is 1.74. The Morgan fingerprint density at radius 2 is 1.90 bits per heavy atom. The molecule has 1 aromatic carbocycles. The molecule has 21 heavy (non-hydrogen) atoms. The molecule has 2 rings (SSSR count). The molecule has 7 heteroatoms. The highest BCUT2D eigenvalue weighted by Crippen LogP contribution is 2.24. The molecule has 1 heterocycles. The number of methoxy groups -OCH3 is 1. The number of hydrogen-bond acceptors (Lipinski definition) is 7. The summed E-state index contributed by atoms with van der Waals surface area (Å²) in [5.74, 6) is 0.987. The molecule has 0 aliphatic heterocycles. The summed E-state index contributed by atoms with van der Waals surface area (Å²) in [4.78, 5) is 12.3. The van der Waals surface area contributed by atoms with Crippen molar-refractivity contribution in [3.05, 3.63) is 29.8 Å². The molecule has 0 aliphatic carbocycles. The maximum Gasteiger partial charge on any atom is 0.330 e. The molecular weight excluding hydrogens is 272 g/mol. The van der Waals surface area contributed by atoms with Crippen LogP contribution in [0.25, 0.3) is 0 Å². The molecule has 2 N–H and O–H groups in total. The van der Waals surface area contributed by atoms with Crippen LogP contribution in [0.4, 0.5) is 5.95 Å². The van der Waals surface area contributed by atoms with E-state index in [0.29, 0.717) is 24.7 Å². The maximum atomic E-state index is 9.08. The van der Waals surface area contributed by atoms with E-state index in [1.54, 1.807) is 6.07 Å². The Labute approximate surface area is 123 Å². The summed E-state index contributed by atoms with van der Waals surface area (Å²) in [6.45, 7) is 2.66. The fraction of sp³-hybridized carbons (Fsp3) is 0.357. The van der Waals surface area contributed by atoms with E-state index in [2.05, 4.69) is 20.3 Å². The maximum absolute atomic E-state index is 9.08. The van der Waals surface area contributed by atoms with Gasteiger partial charge in [0.15, 0.2) is 0 Å². The Balaban J connectivity index is 2.28. The zero-order valence-corrected chi connectivity index (χ0v) is 12.0. The molecule has 7 nitrogen and oxygen atoms in total. The van der Waals surface area contributed by atoms with Crippen LogP contribution in [0.1, 0.15) is 12.5 Å². The minimum atomic E-state index is 0.0452. The molecule has 2 aromatic rings. The van der Waals surface area contributed by atoms with Crippen molar-refractivity contribution in [2.24, 2.45) is 0 Å². The second-order valence-electron chi connectivity index (χ2n) is 4.14. The summed E-state index contributed by atoms with van der Waals surface area (Å²) in [6, 6.07) is 7.73. The first kappa shape index (κ1) is 15.0. The number of para-hydroxylation sites is 1. The molecule has 0 saturated heterocycles. The van der Waals surface area contributed by atoms with Gasteiger partial charge in [-0.05, 0) is 25.0 Å². The van der Waals surface area contributed by atoms with Crippen molar-refractivity contribution in [2.75, 3.05) is 25.6 Å². The molecule has 112 valence electrons. The van der Waals surface area contributed by atoms with E-state index in [1.165, 1.54) is 7.11 Å². The van der Waals surface area contributed by atoms with Gasteiger partial charge in [0.05, 0.1) is 7.11 Å². The molecule has 0 aliphatic rings. The Morgan fingerprint density at radius 3 is 2.62 bits per heavy atom. The number of aliphatic hydroxyl groups excluding tert-OH is 1. The van der Waals surface area contributed by atoms with Gasteiger partial charge in [-0.3, -0.25) is 0 Å². The van der Waals surface area contributed by atoms with Crippen LogP contribution in [-0.2, 0) is 6.42 Å². The van der Waals surface area contributed by atoms with E-state index >= 15 is 0 Å². The second kappa shape index (κ2) is 7.39. The van der Waals surface area contributed by atoms with Crippen molar-refractivity contribution >= 4 is 5.95 Å². The molecule has 0 saturated carbocycles. The molecular formula is C14H18N4O3. The van der Waals surface area contributed by atoms with Crippen molar-refractivity contribution in [2.45, 2.75) is 13.3 Å². The average molecular weight is 290 g/mol. The number of nitrogens with zero attached hydrogens (tertiary/aromatic N) is 3. The first-order valence-electron chi connectivity index (χ1n) is 6.67. The molecule has 0 radical (unpaired) electrons. The highest BCUT2D eigenvalue weighted by Gasteiger charge is 2.10. The normalized spacial score (nSPS) is 10.2. The molecule has 0 amide bonds. The number of benzene rings is 1. The van der Waals surface area contributed by atoms with Gasteiger partial charge in [-0.15, -0.1) is 4.98 Å². The van der Waals surface area contributed by atoms with Crippen LogP contribution in [0.3, 0.4) is 0 Å². The summed E-state index contributed by atoms with van der Waals surface area (Å²) < 4.78 is 10.7. The predicted octanol–water partition coefficient (Wildman–Crippen LogP) is 1.64. The van der Waals surface area contributed by atoms with E-state index in [-0.39, 0.29) is 18.6 Å². The lowest BCUT2D eigenvalue weighted by atomic mass is 10.1. The van der Waals surface area contributed by atoms with Crippen LogP contribution in [0.5, 0.6) is 17.8 Å². The number of nitrogens with one attached hydrogen (secondary N) is 1. The number of aliphatic hydroxyl groups is 1. The van der Waals surface area contributed by atoms with Crippen molar-refractivity contribution in [3.8, 4) is 17.8 Å². The van der Waals surface area contributed by atoms with Crippen molar-refractivity contribution in [3.63, 3.8) is 0 Å². The van der Waals surface area contributed by atoms with E-state index in [4.69, 9.17) is 14.6 Å². The van der Waals surface area contributed by atoms with Gasteiger partial charge in [-0.1, -0.05) is 18.2 Å². The average Bonchev–Trinajstić information content (AvgIpc) is 2.49. The molecule has 0 fully saturated rings. The third-order valence-electron chi connectivity index (χ3n) is 2.67. The molecule has 0 atom stereocenters. The van der Waals surface area contributed by atoms with Gasteiger partial charge < -0.3 is 19.9 Å². The number of ether oxygens (including phenoxy) is 2. The third kappa shape index (κ3) is 4.03. The van der Waals surface area contributed by atoms with Gasteiger partial charge in [0.2, 0.25) is 5.95 Å². The smallest absolute Gasteiger partial charge is 0.330 e. The Morgan fingerprint density at radius 1 is 1.14 bits per heavy atom. The van der Waals surface area contributed by atoms with E-state index < -0.39 is 0 Å². The lowest BCUT2D eigenvalue weighted by Gasteiger charge is -2.10. The SMILES string of the molecule is CCNc1nc(OC)nc(Oc2ccccc2CCO)n1. The Bertz CT molecular complexity index is 592. The highest BCUT2D eigenvalue weighted by atomic mass is 16.5. The summed E-state index contributed by atoms with van der Waals surface area (Å²) in [5.41, 5.74) is 0.879. The second-order valence-corrected chi connectivity index (χ2v) is 4.14. The van der Waals surface area contributed by atoms with E-state index in [9.17, 15) is 0 Å². The summed E-state index contributed by atoms with van der Waals surface area (Å²) in [5, 5.41) is 12.1. The minimum absolute atomic E-state index is 0.0452. The Kier molecular flexibility index (Phi) is 5.28. The summed E-state index contributed by atoms with van der Waals surface area (Å²) in [6.07, 6.45) is 0.498. The summed E-state index contributed by atoms with van der Waals surface area (Å²) in [7, 11) is 1.48. The molecule has 1 aromatic heterocycles. The standard InChI is InChI=1S/C14H18N4O3/c1-3-15-12-16-13(20-2)18-14(17-12)21-11-7-5-4-6-10(11)8-9-19/h4-7,19H,3,8-9H2,1-2H3,(H,15,16,17,18). The van der Waals surface area contributed by atoms with Crippen LogP contribution in [0.15, 0.2) is 24.3 Å². The number of rotatable bonds is 7. The number of aromatic nitrogens is 3. The first-order valence-corrected chi connectivity index (χ1v) is 6.67. The highest BCUT2D eigenvalue weighted by molar-refractivity contribution is 5.36. The molecule has 0 bridgehead atoms. The summed E-state index contributed by atoms with van der Waals surface area (Å²) >= 11 is 0. The van der Waals surface area contributed by atoms with Gasteiger partial charge in [-0.25, -0.2) is 0 Å². The lowest BCUT2D eigenvalue weighted by Crippen LogP contribution is -2.06. The first-order chi connectivity index (χ1) is 10.3. The molecule has 0 spiro atoms. The van der Waals surface area contributed by atoms with Crippen LogP contribution >= 0.6 is 0 Å². The number of anilines is 1. The largest absolute Gasteiger partial charge is 0.467 e. The van der Waals surface area contributed by atoms with E-state index in [1.807, 2.05) is 25.1 Å². The van der Waals surface area contributed by atoms with Gasteiger partial charge in [0, 0.05) is 13.2 Å². The predicted molar refractivity (Wildman–Crippen MR) is 77.8 cm³/mol. The topological polar surface area (TPSA) is 89.4 Å². The van der Waals surface area contributed by atoms with Crippen LogP contribution in [-0.4, -0.2) is 40.3 Å². The number of hydrogen-bond donors (Lipinski definition) is 2. The van der Waals surface area contributed by atoms with E-state index in [0.717, 1.165) is 5.56 Å². The molecule has 0 unspecified atom stereocenters. The quantitative estimate of drug-likeness (QED) is 0.801. The van der Waals surface area contributed by atoms with Crippen LogP contribution in [0.2, 0.25) is 0 Å². The van der Waals surface area contributed by atoms with Crippen molar-refractivity contribution < 1.29 is 14.6 Å². The van der Waals surface area contributed by atoms with Crippen LogP contribution in [0, 0.1) is 0 Å². The lowest BCUT2D eigenvalue weighted by molar-refractivity contribution is 0.297. The third-order valence-corrected chi connectivity index (χ3v) is 2.67. The zero-order valence-electron chi connectivity index (χ0n) is 12.0. The monoisotopic (exact) mass is 290 g/mol. The zero-order chi connectivity index (χ0) is 15.1. The van der Waals surface area contributed by atoms with Gasteiger partial charge in [-0.2, -0.15) is 9.97 Å². The fourth-order valence-corrected chi connectivity index (χ4v) is 1.74. The minimum Gasteiger partial charge on any atom is -0.467 e. The van der Waals surface area contributed by atoms with Crippen LogP contribution < -0.4 is 14.8 Å². The van der Waals surface area contributed by atoms with Gasteiger partial charge >= 0.3 is 12.0 Å². The van der Waals surface area contributed by atoms with Crippen molar-refractivity contribution in [1.82, 2.24) is 15.0 Å².